The molecule has 10 nitrogen and oxygen atoms in total. The summed E-state index contributed by atoms with van der Waals surface area (Å²) in [5.41, 5.74) is 3.40. The number of phenolic OH excluding ortho intramolecular Hbond substituents is 1. The molecule has 0 radical (unpaired) electrons. The topological polar surface area (TPSA) is 108 Å². The lowest BCUT2D eigenvalue weighted by molar-refractivity contribution is 0.122. The highest BCUT2D eigenvalue weighted by atomic mass is 79.9. The smallest absolute Gasteiger partial charge is 0.250 e. The second-order valence-electron chi connectivity index (χ2n) is 7.20. The van der Waals surface area contributed by atoms with Gasteiger partial charge in [-0.25, -0.2) is 5.43 Å². The van der Waals surface area contributed by atoms with Crippen LogP contribution in [0, 0.1) is 0 Å². The Kier molecular flexibility index (Phi) is 7.03. The van der Waals surface area contributed by atoms with E-state index in [0.717, 1.165) is 43.5 Å². The quantitative estimate of drug-likeness (QED) is 0.446. The summed E-state index contributed by atoms with van der Waals surface area (Å²) in [7, 11) is 0. The molecule has 0 unspecified atom stereocenters. The molecule has 0 atom stereocenters. The third kappa shape index (κ3) is 5.34. The van der Waals surface area contributed by atoms with Crippen LogP contribution in [0.5, 0.6) is 11.5 Å². The van der Waals surface area contributed by atoms with E-state index in [4.69, 9.17) is 9.47 Å². The van der Waals surface area contributed by atoms with Gasteiger partial charge < -0.3 is 24.4 Å². The summed E-state index contributed by atoms with van der Waals surface area (Å²) in [6, 6.07) is 3.47. The standard InChI is InChI=1S/C20H26BrN7O3/c1-2-31-16-12-15(21)11-14(17(16)29)13-22-26-18-23-19(27-5-3-4-6-27)25-20(24-18)28-7-9-30-10-8-28/h11-13,29H,2-10H2,1H3,(H,23,24,25,26). The lowest BCUT2D eigenvalue weighted by Crippen LogP contribution is -2.38. The third-order valence-corrected chi connectivity index (χ3v) is 5.49. The third-order valence-electron chi connectivity index (χ3n) is 5.03. The maximum atomic E-state index is 10.4. The predicted octanol–water partition coefficient (Wildman–Crippen LogP) is 2.62. The highest BCUT2D eigenvalue weighted by Gasteiger charge is 2.21. The van der Waals surface area contributed by atoms with Crippen LogP contribution in [0.2, 0.25) is 0 Å². The molecule has 11 heteroatoms. The molecule has 2 aromatic rings. The molecule has 0 spiro atoms. The largest absolute Gasteiger partial charge is 0.504 e. The van der Waals surface area contributed by atoms with E-state index in [1.807, 2.05) is 6.92 Å². The molecule has 2 aliphatic heterocycles. The van der Waals surface area contributed by atoms with Crippen molar-refractivity contribution in [2.75, 3.05) is 61.2 Å². The first-order valence-corrected chi connectivity index (χ1v) is 11.2. The molecule has 0 saturated carbocycles. The van der Waals surface area contributed by atoms with Gasteiger partial charge in [0.05, 0.1) is 26.0 Å². The van der Waals surface area contributed by atoms with E-state index in [0.29, 0.717) is 49.0 Å². The van der Waals surface area contributed by atoms with Gasteiger partial charge in [0.1, 0.15) is 0 Å². The van der Waals surface area contributed by atoms with Gasteiger partial charge in [0.25, 0.3) is 0 Å². The van der Waals surface area contributed by atoms with E-state index in [2.05, 4.69) is 51.2 Å². The molecule has 2 aliphatic rings. The number of benzene rings is 1. The summed E-state index contributed by atoms with van der Waals surface area (Å²) in [6.45, 7) is 6.94. The fourth-order valence-electron chi connectivity index (χ4n) is 3.49. The number of nitrogens with zero attached hydrogens (tertiary/aromatic N) is 6. The second-order valence-corrected chi connectivity index (χ2v) is 8.11. The Labute approximate surface area is 189 Å². The van der Waals surface area contributed by atoms with Crippen molar-refractivity contribution in [1.82, 2.24) is 15.0 Å². The SMILES string of the molecule is CCOc1cc(Br)cc(C=NNc2nc(N3CCCC3)nc(N3CCOCC3)n2)c1O. The Balaban J connectivity index is 1.56. The highest BCUT2D eigenvalue weighted by Crippen LogP contribution is 2.33. The Morgan fingerprint density at radius 1 is 1.13 bits per heavy atom. The van der Waals surface area contributed by atoms with Gasteiger partial charge in [-0.15, -0.1) is 0 Å². The zero-order valence-corrected chi connectivity index (χ0v) is 19.0. The van der Waals surface area contributed by atoms with E-state index in [1.165, 1.54) is 6.21 Å². The predicted molar refractivity (Wildman–Crippen MR) is 122 cm³/mol. The summed E-state index contributed by atoms with van der Waals surface area (Å²) in [4.78, 5) is 18.0. The van der Waals surface area contributed by atoms with Crippen LogP contribution in [0.1, 0.15) is 25.3 Å². The van der Waals surface area contributed by atoms with Crippen molar-refractivity contribution in [3.63, 3.8) is 0 Å². The first-order valence-electron chi connectivity index (χ1n) is 10.4. The number of rotatable bonds is 7. The van der Waals surface area contributed by atoms with E-state index < -0.39 is 0 Å². The number of morpholine rings is 1. The molecule has 166 valence electrons. The normalized spacial score (nSPS) is 16.8. The van der Waals surface area contributed by atoms with Gasteiger partial charge in [-0.05, 0) is 31.9 Å². The number of ether oxygens (including phenoxy) is 2. The van der Waals surface area contributed by atoms with Crippen LogP contribution in [-0.4, -0.2) is 72.3 Å². The Bertz CT molecular complexity index is 931. The van der Waals surface area contributed by atoms with Gasteiger partial charge in [-0.1, -0.05) is 15.9 Å². The van der Waals surface area contributed by atoms with Crippen LogP contribution in [-0.2, 0) is 4.74 Å². The summed E-state index contributed by atoms with van der Waals surface area (Å²) >= 11 is 3.43. The molecular formula is C20H26BrN7O3. The minimum atomic E-state index is 0.0259. The van der Waals surface area contributed by atoms with Crippen LogP contribution in [0.3, 0.4) is 0 Å². The molecule has 4 rings (SSSR count). The first kappa shape index (κ1) is 21.6. The van der Waals surface area contributed by atoms with Crippen LogP contribution in [0.4, 0.5) is 17.8 Å². The van der Waals surface area contributed by atoms with E-state index in [1.54, 1.807) is 12.1 Å². The molecule has 0 aliphatic carbocycles. The molecular weight excluding hydrogens is 466 g/mol. The van der Waals surface area contributed by atoms with Gasteiger partial charge in [-0.3, -0.25) is 0 Å². The first-order chi connectivity index (χ1) is 15.1. The van der Waals surface area contributed by atoms with Crippen molar-refractivity contribution in [3.8, 4) is 11.5 Å². The molecule has 0 bridgehead atoms. The monoisotopic (exact) mass is 491 g/mol. The number of nitrogens with one attached hydrogen (secondary N) is 1. The Morgan fingerprint density at radius 3 is 2.48 bits per heavy atom. The molecule has 2 saturated heterocycles. The lowest BCUT2D eigenvalue weighted by Gasteiger charge is -2.27. The molecule has 0 amide bonds. The Morgan fingerprint density at radius 2 is 1.81 bits per heavy atom. The van der Waals surface area contributed by atoms with Crippen LogP contribution >= 0.6 is 15.9 Å². The van der Waals surface area contributed by atoms with Crippen molar-refractivity contribution < 1.29 is 14.6 Å². The number of anilines is 3. The van der Waals surface area contributed by atoms with Gasteiger partial charge in [0.2, 0.25) is 17.8 Å². The highest BCUT2D eigenvalue weighted by molar-refractivity contribution is 9.10. The van der Waals surface area contributed by atoms with E-state index in [-0.39, 0.29) is 5.75 Å². The fraction of sp³-hybridized carbons (Fsp3) is 0.500. The Hall–Kier alpha value is -2.66. The minimum absolute atomic E-state index is 0.0259. The molecule has 31 heavy (non-hydrogen) atoms. The zero-order chi connectivity index (χ0) is 21.6. The molecule has 1 aromatic heterocycles. The number of halogens is 1. The van der Waals surface area contributed by atoms with Crippen LogP contribution in [0.15, 0.2) is 21.7 Å². The van der Waals surface area contributed by atoms with Crippen molar-refractivity contribution in [2.24, 2.45) is 5.10 Å². The van der Waals surface area contributed by atoms with Crippen LogP contribution in [0.25, 0.3) is 0 Å². The average molecular weight is 492 g/mol. The summed E-state index contributed by atoms with van der Waals surface area (Å²) < 4.78 is 11.7. The lowest BCUT2D eigenvalue weighted by atomic mass is 10.2. The van der Waals surface area contributed by atoms with Crippen LogP contribution < -0.4 is 20.0 Å². The molecule has 2 N–H and O–H groups in total. The minimum Gasteiger partial charge on any atom is -0.504 e. The van der Waals surface area contributed by atoms with Crippen molar-refractivity contribution in [1.29, 1.82) is 0 Å². The van der Waals surface area contributed by atoms with Crippen molar-refractivity contribution in [3.05, 3.63) is 22.2 Å². The van der Waals surface area contributed by atoms with Gasteiger partial charge in [0.15, 0.2) is 11.5 Å². The van der Waals surface area contributed by atoms with E-state index in [9.17, 15) is 5.11 Å². The second kappa shape index (κ2) is 10.1. The average Bonchev–Trinajstić information content (AvgIpc) is 3.32. The zero-order valence-electron chi connectivity index (χ0n) is 17.4. The van der Waals surface area contributed by atoms with Crippen molar-refractivity contribution in [2.45, 2.75) is 19.8 Å². The van der Waals surface area contributed by atoms with Gasteiger partial charge in [-0.2, -0.15) is 20.1 Å². The number of hydrazone groups is 1. The number of phenols is 1. The maximum absolute atomic E-state index is 10.4. The summed E-state index contributed by atoms with van der Waals surface area (Å²) in [6.07, 6.45) is 3.77. The number of hydrogen-bond donors (Lipinski definition) is 2. The number of aromatic nitrogens is 3. The molecule has 2 fully saturated rings. The number of hydrogen-bond acceptors (Lipinski definition) is 10. The van der Waals surface area contributed by atoms with Gasteiger partial charge >= 0.3 is 0 Å². The molecule has 3 heterocycles. The van der Waals surface area contributed by atoms with E-state index >= 15 is 0 Å². The fourth-order valence-corrected chi connectivity index (χ4v) is 3.94. The maximum Gasteiger partial charge on any atom is 0.250 e. The summed E-state index contributed by atoms with van der Waals surface area (Å²) in [5, 5.41) is 14.7. The molecule has 1 aromatic carbocycles. The summed E-state index contributed by atoms with van der Waals surface area (Å²) in [5.74, 6) is 2.04. The van der Waals surface area contributed by atoms with Gasteiger partial charge in [0, 0.05) is 36.2 Å². The van der Waals surface area contributed by atoms with Crippen molar-refractivity contribution >= 4 is 40.0 Å². The number of aromatic hydroxyl groups is 1.